The minimum absolute atomic E-state index is 0.185. The van der Waals surface area contributed by atoms with Crippen molar-refractivity contribution in [3.63, 3.8) is 0 Å². The second-order valence-corrected chi connectivity index (χ2v) is 8.30. The van der Waals surface area contributed by atoms with E-state index >= 15 is 0 Å². The molecule has 0 unspecified atom stereocenters. The molecule has 0 atom stereocenters. The van der Waals surface area contributed by atoms with E-state index in [0.717, 1.165) is 11.3 Å². The number of hydrogen-bond donors (Lipinski definition) is 1. The fourth-order valence-electron chi connectivity index (χ4n) is 3.87. The largest absolute Gasteiger partial charge is 0.492 e. The number of nitrogens with one attached hydrogen (secondary N) is 1. The van der Waals surface area contributed by atoms with Crippen molar-refractivity contribution in [3.8, 4) is 28.8 Å². The van der Waals surface area contributed by atoms with Gasteiger partial charge in [0.15, 0.2) is 5.82 Å². The van der Waals surface area contributed by atoms with Crippen LogP contribution in [-0.2, 0) is 0 Å². The molecule has 0 fully saturated rings. The number of para-hydroxylation sites is 2. The van der Waals surface area contributed by atoms with Gasteiger partial charge in [-0.15, -0.1) is 0 Å². The number of nitriles is 1. The van der Waals surface area contributed by atoms with Crippen LogP contribution in [0.2, 0.25) is 5.02 Å². The molecule has 2 heterocycles. The van der Waals surface area contributed by atoms with E-state index < -0.39 is 0 Å². The van der Waals surface area contributed by atoms with Gasteiger partial charge < -0.3 is 9.72 Å². The van der Waals surface area contributed by atoms with E-state index in [1.807, 2.05) is 49.5 Å². The summed E-state index contributed by atoms with van der Waals surface area (Å²) in [7, 11) is 0. The number of hydrogen-bond acceptors (Lipinski definition) is 5. The predicted octanol–water partition coefficient (Wildman–Crippen LogP) is 5.89. The number of benzene rings is 3. The summed E-state index contributed by atoms with van der Waals surface area (Å²) in [4.78, 5) is 19.8. The molecular weight excluding hydrogens is 474 g/mol. The zero-order valence-corrected chi connectivity index (χ0v) is 20.0. The summed E-state index contributed by atoms with van der Waals surface area (Å²) in [5, 5.41) is 15.7. The van der Waals surface area contributed by atoms with Gasteiger partial charge in [-0.05, 0) is 55.5 Å². The molecule has 0 aliphatic carbocycles. The first-order chi connectivity index (χ1) is 17.6. The van der Waals surface area contributed by atoms with Gasteiger partial charge >= 0.3 is 0 Å². The monoisotopic (exact) mass is 493 g/mol. The highest BCUT2D eigenvalue weighted by Gasteiger charge is 2.16. The second kappa shape index (κ2) is 9.90. The van der Waals surface area contributed by atoms with Crippen LogP contribution in [0.15, 0.2) is 83.8 Å². The number of rotatable bonds is 6. The fourth-order valence-corrected chi connectivity index (χ4v) is 4.11. The number of allylic oxidation sites excluding steroid dienone is 1. The van der Waals surface area contributed by atoms with Crippen LogP contribution in [0.5, 0.6) is 5.75 Å². The van der Waals surface area contributed by atoms with Gasteiger partial charge in [-0.3, -0.25) is 4.79 Å². The molecule has 2 aromatic heterocycles. The van der Waals surface area contributed by atoms with Gasteiger partial charge in [-0.1, -0.05) is 41.9 Å². The van der Waals surface area contributed by atoms with E-state index in [4.69, 9.17) is 21.4 Å². The summed E-state index contributed by atoms with van der Waals surface area (Å²) in [5.74, 6) is 0.766. The van der Waals surface area contributed by atoms with Crippen LogP contribution in [0.3, 0.4) is 0 Å². The van der Waals surface area contributed by atoms with Crippen molar-refractivity contribution in [2.45, 2.75) is 6.92 Å². The number of fused-ring (bicyclic) bond motifs is 1. The van der Waals surface area contributed by atoms with Crippen molar-refractivity contribution in [2.24, 2.45) is 0 Å². The van der Waals surface area contributed by atoms with E-state index in [2.05, 4.69) is 16.0 Å². The summed E-state index contributed by atoms with van der Waals surface area (Å²) in [6, 6.07) is 24.3. The fraction of sp³-hybridized carbons (Fsp3) is 0.0714. The molecule has 0 amide bonds. The molecule has 5 aromatic rings. The van der Waals surface area contributed by atoms with Crippen LogP contribution in [0, 0.1) is 11.3 Å². The van der Waals surface area contributed by atoms with Crippen molar-refractivity contribution in [1.82, 2.24) is 19.7 Å². The Balaban J connectivity index is 1.67. The van der Waals surface area contributed by atoms with Crippen LogP contribution in [0.4, 0.5) is 0 Å². The molecule has 0 aliphatic heterocycles. The molecule has 7 nitrogen and oxygen atoms in total. The van der Waals surface area contributed by atoms with Crippen LogP contribution in [0.25, 0.3) is 39.5 Å². The zero-order chi connectivity index (χ0) is 25.1. The van der Waals surface area contributed by atoms with Gasteiger partial charge in [0.05, 0.1) is 33.8 Å². The first-order valence-electron chi connectivity index (χ1n) is 11.3. The summed E-state index contributed by atoms with van der Waals surface area (Å²) in [6.45, 7) is 2.39. The van der Waals surface area contributed by atoms with Gasteiger partial charge in [0.1, 0.15) is 17.5 Å². The highest BCUT2D eigenvalue weighted by Crippen LogP contribution is 2.33. The lowest BCUT2D eigenvalue weighted by molar-refractivity contribution is 0.340. The number of aromatic amines is 1. The molecule has 0 saturated heterocycles. The maximum atomic E-state index is 12.6. The van der Waals surface area contributed by atoms with Crippen LogP contribution in [-0.4, -0.2) is 26.4 Å². The van der Waals surface area contributed by atoms with Gasteiger partial charge in [-0.25, -0.2) is 9.67 Å². The molecule has 3 aromatic carbocycles. The third-order valence-corrected chi connectivity index (χ3v) is 5.85. The Hall–Kier alpha value is -4.67. The Kier molecular flexibility index (Phi) is 6.35. The van der Waals surface area contributed by atoms with E-state index in [9.17, 15) is 10.1 Å². The van der Waals surface area contributed by atoms with Crippen molar-refractivity contribution in [2.75, 3.05) is 6.61 Å². The average molecular weight is 494 g/mol. The summed E-state index contributed by atoms with van der Waals surface area (Å²) in [6.07, 6.45) is 3.49. The minimum atomic E-state index is -0.310. The molecule has 0 spiro atoms. The Morgan fingerprint density at radius 3 is 2.67 bits per heavy atom. The Morgan fingerprint density at radius 2 is 1.92 bits per heavy atom. The molecule has 5 rings (SSSR count). The maximum absolute atomic E-state index is 12.6. The van der Waals surface area contributed by atoms with Crippen molar-refractivity contribution < 1.29 is 4.74 Å². The molecule has 8 heteroatoms. The number of ether oxygens (including phenoxy) is 1. The zero-order valence-electron chi connectivity index (χ0n) is 19.3. The van der Waals surface area contributed by atoms with Crippen molar-refractivity contribution in [3.05, 3.63) is 106 Å². The summed E-state index contributed by atoms with van der Waals surface area (Å²) < 4.78 is 7.30. The summed E-state index contributed by atoms with van der Waals surface area (Å²) >= 11 is 6.46. The molecule has 1 N–H and O–H groups in total. The smallest absolute Gasteiger partial charge is 0.259 e. The van der Waals surface area contributed by atoms with Crippen LogP contribution >= 0.6 is 11.6 Å². The summed E-state index contributed by atoms with van der Waals surface area (Å²) in [5.41, 5.74) is 3.27. The first-order valence-corrected chi connectivity index (χ1v) is 11.6. The normalized spacial score (nSPS) is 11.4. The quantitative estimate of drug-likeness (QED) is 0.297. The maximum Gasteiger partial charge on any atom is 0.259 e. The van der Waals surface area contributed by atoms with Crippen LogP contribution < -0.4 is 10.3 Å². The van der Waals surface area contributed by atoms with E-state index in [0.29, 0.717) is 39.5 Å². The molecule has 36 heavy (non-hydrogen) atoms. The van der Waals surface area contributed by atoms with Crippen molar-refractivity contribution >= 4 is 34.2 Å². The average Bonchev–Trinajstić information content (AvgIpc) is 3.33. The van der Waals surface area contributed by atoms with Crippen molar-refractivity contribution in [1.29, 1.82) is 5.26 Å². The van der Waals surface area contributed by atoms with E-state index in [1.165, 1.54) is 0 Å². The molecule has 0 aliphatic rings. The molecule has 176 valence electrons. The van der Waals surface area contributed by atoms with Gasteiger partial charge in [0.25, 0.3) is 5.56 Å². The number of halogens is 1. The SMILES string of the molecule is CCOc1ccc(-c2nn(-c3ccccc3)cc2C=C(C#N)c2nc3ccccc3c(=O)[nH]2)cc1Cl. The second-order valence-electron chi connectivity index (χ2n) is 7.89. The van der Waals surface area contributed by atoms with E-state index in [-0.39, 0.29) is 17.0 Å². The lowest BCUT2D eigenvalue weighted by Gasteiger charge is -2.07. The third kappa shape index (κ3) is 4.50. The molecule has 0 radical (unpaired) electrons. The topological polar surface area (TPSA) is 96.6 Å². The van der Waals surface area contributed by atoms with Gasteiger partial charge in [-0.2, -0.15) is 10.4 Å². The highest BCUT2D eigenvalue weighted by molar-refractivity contribution is 6.32. The number of H-pyrrole nitrogens is 1. The van der Waals surface area contributed by atoms with Gasteiger partial charge in [0.2, 0.25) is 0 Å². The number of nitrogens with zero attached hydrogens (tertiary/aromatic N) is 4. The minimum Gasteiger partial charge on any atom is -0.492 e. The molecule has 0 bridgehead atoms. The third-order valence-electron chi connectivity index (χ3n) is 5.56. The lowest BCUT2D eigenvalue weighted by atomic mass is 10.1. The Labute approximate surface area is 211 Å². The molecule has 0 saturated carbocycles. The highest BCUT2D eigenvalue weighted by atomic mass is 35.5. The Bertz CT molecular complexity index is 1700. The first kappa shape index (κ1) is 23.1. The predicted molar refractivity (Wildman–Crippen MR) is 141 cm³/mol. The van der Waals surface area contributed by atoms with Crippen LogP contribution in [0.1, 0.15) is 18.3 Å². The number of aromatic nitrogens is 4. The van der Waals surface area contributed by atoms with Gasteiger partial charge in [0, 0.05) is 17.3 Å². The lowest BCUT2D eigenvalue weighted by Crippen LogP contribution is -2.11. The Morgan fingerprint density at radius 1 is 1.14 bits per heavy atom. The standard InChI is InChI=1S/C28H20ClN5O2/c1-2-36-25-13-12-18(15-23(25)29)26-20(17-34(33-26)21-8-4-3-5-9-21)14-19(16-30)27-31-24-11-7-6-10-22(24)28(35)32-27/h3-15,17H,2H2,1H3,(H,31,32,35). The van der Waals surface area contributed by atoms with E-state index in [1.54, 1.807) is 47.2 Å². The molecular formula is C28H20ClN5O2.